The van der Waals surface area contributed by atoms with Gasteiger partial charge >= 0.3 is 0 Å². The topological polar surface area (TPSA) is 47.3 Å². The molecule has 0 radical (unpaired) electrons. The minimum Gasteiger partial charge on any atom is -0.374 e. The maximum absolute atomic E-state index is 5.73. The van der Waals surface area contributed by atoms with Crippen LogP contribution in [0.15, 0.2) is 28.7 Å². The van der Waals surface area contributed by atoms with E-state index < -0.39 is 0 Å². The summed E-state index contributed by atoms with van der Waals surface area (Å²) in [5.41, 5.74) is 3.91. The molecule has 0 aliphatic carbocycles. The maximum Gasteiger partial charge on any atom is 0.0643 e. The lowest BCUT2D eigenvalue weighted by atomic mass is 10.1. The summed E-state index contributed by atoms with van der Waals surface area (Å²) in [5.74, 6) is 5.55. The lowest BCUT2D eigenvalue weighted by Crippen LogP contribution is -2.42. The fourth-order valence-corrected chi connectivity index (χ4v) is 1.91. The SMILES string of the molecule is CC(C)(C)OCC(Cc1cccc(Br)c1)NN. The van der Waals surface area contributed by atoms with Crippen LogP contribution in [0.4, 0.5) is 0 Å². The Balaban J connectivity index is 2.52. The van der Waals surface area contributed by atoms with Crippen molar-refractivity contribution in [3.8, 4) is 0 Å². The van der Waals surface area contributed by atoms with Gasteiger partial charge in [0.05, 0.1) is 12.2 Å². The van der Waals surface area contributed by atoms with Gasteiger partial charge in [-0.05, 0) is 44.9 Å². The zero-order valence-corrected chi connectivity index (χ0v) is 12.3. The van der Waals surface area contributed by atoms with Crippen LogP contribution in [-0.2, 0) is 11.2 Å². The number of benzene rings is 1. The first-order chi connectivity index (χ1) is 7.90. The molecule has 1 aromatic rings. The standard InChI is InChI=1S/C13H21BrN2O/c1-13(2,3)17-9-12(16-15)8-10-5-4-6-11(14)7-10/h4-7,12,16H,8-9,15H2,1-3H3. The fourth-order valence-electron chi connectivity index (χ4n) is 1.47. The lowest BCUT2D eigenvalue weighted by Gasteiger charge is -2.24. The molecule has 3 N–H and O–H groups in total. The highest BCUT2D eigenvalue weighted by Crippen LogP contribution is 2.14. The molecule has 0 saturated heterocycles. The second-order valence-electron chi connectivity index (χ2n) is 5.12. The van der Waals surface area contributed by atoms with Gasteiger partial charge in [0, 0.05) is 10.5 Å². The monoisotopic (exact) mass is 300 g/mol. The second kappa shape index (κ2) is 6.50. The van der Waals surface area contributed by atoms with E-state index in [0.29, 0.717) is 6.61 Å². The van der Waals surface area contributed by atoms with Crippen LogP contribution >= 0.6 is 15.9 Å². The van der Waals surface area contributed by atoms with Crippen molar-refractivity contribution in [3.05, 3.63) is 34.3 Å². The van der Waals surface area contributed by atoms with Crippen LogP contribution in [-0.4, -0.2) is 18.2 Å². The van der Waals surface area contributed by atoms with Crippen LogP contribution in [0.2, 0.25) is 0 Å². The number of nitrogens with one attached hydrogen (secondary N) is 1. The highest BCUT2D eigenvalue weighted by atomic mass is 79.9. The van der Waals surface area contributed by atoms with Gasteiger partial charge in [0.1, 0.15) is 0 Å². The van der Waals surface area contributed by atoms with Gasteiger partial charge in [-0.2, -0.15) is 0 Å². The zero-order chi connectivity index (χ0) is 12.9. The fraction of sp³-hybridized carbons (Fsp3) is 0.538. The Kier molecular flexibility index (Phi) is 5.59. The van der Waals surface area contributed by atoms with E-state index in [1.165, 1.54) is 5.56 Å². The van der Waals surface area contributed by atoms with E-state index in [0.717, 1.165) is 10.9 Å². The van der Waals surface area contributed by atoms with E-state index in [1.54, 1.807) is 0 Å². The number of hydrogen-bond donors (Lipinski definition) is 2. The van der Waals surface area contributed by atoms with E-state index in [4.69, 9.17) is 10.6 Å². The summed E-state index contributed by atoms with van der Waals surface area (Å²) in [7, 11) is 0. The molecule has 0 aliphatic rings. The Bertz CT molecular complexity index is 350. The number of halogens is 1. The molecule has 0 aromatic heterocycles. The summed E-state index contributed by atoms with van der Waals surface area (Å²) in [6.07, 6.45) is 0.853. The van der Waals surface area contributed by atoms with Gasteiger partial charge in [0.2, 0.25) is 0 Å². The van der Waals surface area contributed by atoms with Crippen molar-refractivity contribution in [2.45, 2.75) is 38.8 Å². The first-order valence-electron chi connectivity index (χ1n) is 5.75. The largest absolute Gasteiger partial charge is 0.374 e. The number of rotatable bonds is 5. The summed E-state index contributed by atoms with van der Waals surface area (Å²) in [5, 5.41) is 0. The van der Waals surface area contributed by atoms with Crippen molar-refractivity contribution in [3.63, 3.8) is 0 Å². The third-order valence-corrected chi connectivity index (χ3v) is 2.82. The van der Waals surface area contributed by atoms with Gasteiger partial charge in [-0.3, -0.25) is 11.3 Å². The average Bonchev–Trinajstić information content (AvgIpc) is 2.23. The van der Waals surface area contributed by atoms with E-state index in [2.05, 4.69) is 33.5 Å². The van der Waals surface area contributed by atoms with Gasteiger partial charge in [-0.1, -0.05) is 28.1 Å². The Hall–Kier alpha value is -0.420. The number of hydrazine groups is 1. The first-order valence-corrected chi connectivity index (χ1v) is 6.54. The van der Waals surface area contributed by atoms with Crippen LogP contribution in [0.25, 0.3) is 0 Å². The Labute approximate surface area is 112 Å². The molecule has 4 heteroatoms. The molecule has 1 unspecified atom stereocenters. The summed E-state index contributed by atoms with van der Waals surface area (Å²) in [4.78, 5) is 0. The molecule has 3 nitrogen and oxygen atoms in total. The van der Waals surface area contributed by atoms with Crippen molar-refractivity contribution in [2.24, 2.45) is 5.84 Å². The quantitative estimate of drug-likeness (QED) is 0.649. The minimum atomic E-state index is -0.133. The number of nitrogens with two attached hydrogens (primary N) is 1. The van der Waals surface area contributed by atoms with Crippen molar-refractivity contribution in [1.29, 1.82) is 0 Å². The predicted molar refractivity (Wildman–Crippen MR) is 74.7 cm³/mol. The molecule has 1 aromatic carbocycles. The van der Waals surface area contributed by atoms with Crippen molar-refractivity contribution >= 4 is 15.9 Å². The molecule has 0 bridgehead atoms. The van der Waals surface area contributed by atoms with E-state index in [9.17, 15) is 0 Å². The van der Waals surface area contributed by atoms with Crippen LogP contribution in [0.3, 0.4) is 0 Å². The number of hydrogen-bond acceptors (Lipinski definition) is 3. The smallest absolute Gasteiger partial charge is 0.0643 e. The lowest BCUT2D eigenvalue weighted by molar-refractivity contribution is -0.0143. The molecule has 0 fully saturated rings. The van der Waals surface area contributed by atoms with E-state index in [1.807, 2.05) is 32.9 Å². The molecule has 1 atom stereocenters. The molecule has 96 valence electrons. The molecular weight excluding hydrogens is 280 g/mol. The van der Waals surface area contributed by atoms with Gasteiger partial charge < -0.3 is 4.74 Å². The molecule has 17 heavy (non-hydrogen) atoms. The van der Waals surface area contributed by atoms with Crippen LogP contribution in [0, 0.1) is 0 Å². The maximum atomic E-state index is 5.73. The van der Waals surface area contributed by atoms with E-state index in [-0.39, 0.29) is 11.6 Å². The summed E-state index contributed by atoms with van der Waals surface area (Å²) >= 11 is 3.46. The zero-order valence-electron chi connectivity index (χ0n) is 10.7. The molecule has 0 saturated carbocycles. The van der Waals surface area contributed by atoms with Crippen molar-refractivity contribution in [1.82, 2.24) is 5.43 Å². The molecule has 1 rings (SSSR count). The minimum absolute atomic E-state index is 0.128. The summed E-state index contributed by atoms with van der Waals surface area (Å²) in [6, 6.07) is 8.36. The highest BCUT2D eigenvalue weighted by Gasteiger charge is 2.15. The van der Waals surface area contributed by atoms with Gasteiger partial charge in [0.25, 0.3) is 0 Å². The highest BCUT2D eigenvalue weighted by molar-refractivity contribution is 9.10. The van der Waals surface area contributed by atoms with Crippen molar-refractivity contribution in [2.75, 3.05) is 6.61 Å². The Morgan fingerprint density at radius 2 is 2.12 bits per heavy atom. The summed E-state index contributed by atoms with van der Waals surface area (Å²) < 4.78 is 6.82. The average molecular weight is 301 g/mol. The van der Waals surface area contributed by atoms with Gasteiger partial charge in [0.15, 0.2) is 0 Å². The molecule has 0 heterocycles. The molecular formula is C13H21BrN2O. The summed E-state index contributed by atoms with van der Waals surface area (Å²) in [6.45, 7) is 6.73. The van der Waals surface area contributed by atoms with Crippen LogP contribution in [0.1, 0.15) is 26.3 Å². The molecule has 0 spiro atoms. The predicted octanol–water partition coefficient (Wildman–Crippen LogP) is 2.64. The molecule has 0 aliphatic heterocycles. The van der Waals surface area contributed by atoms with Crippen LogP contribution in [0.5, 0.6) is 0 Å². The molecule has 0 amide bonds. The Morgan fingerprint density at radius 3 is 2.65 bits per heavy atom. The third kappa shape index (κ3) is 6.17. The first kappa shape index (κ1) is 14.6. The number of ether oxygens (including phenoxy) is 1. The van der Waals surface area contributed by atoms with Crippen molar-refractivity contribution < 1.29 is 4.74 Å². The van der Waals surface area contributed by atoms with E-state index >= 15 is 0 Å². The second-order valence-corrected chi connectivity index (χ2v) is 6.04. The normalized spacial score (nSPS) is 13.7. The Morgan fingerprint density at radius 1 is 1.41 bits per heavy atom. The van der Waals surface area contributed by atoms with Gasteiger partial charge in [-0.25, -0.2) is 0 Å². The van der Waals surface area contributed by atoms with Gasteiger partial charge in [-0.15, -0.1) is 0 Å². The third-order valence-electron chi connectivity index (χ3n) is 2.32. The van der Waals surface area contributed by atoms with Crippen LogP contribution < -0.4 is 11.3 Å².